The van der Waals surface area contributed by atoms with E-state index in [4.69, 9.17) is 4.74 Å². The van der Waals surface area contributed by atoms with E-state index in [1.807, 2.05) is 0 Å². The van der Waals surface area contributed by atoms with Crippen LogP contribution in [0.5, 0.6) is 5.75 Å². The maximum Gasteiger partial charge on any atom is 0.132 e. The summed E-state index contributed by atoms with van der Waals surface area (Å²) in [6.45, 7) is 13.8. The van der Waals surface area contributed by atoms with Crippen LogP contribution < -0.4 is 15.2 Å². The van der Waals surface area contributed by atoms with Crippen LogP contribution in [-0.2, 0) is 5.41 Å². The van der Waals surface area contributed by atoms with Crippen molar-refractivity contribution in [2.24, 2.45) is 0 Å². The SMILES string of the molecule is C/C=c1/c(-c2cccc3ccccc23)c2ccccc2c(/C(C)=C/c2ccc(-c3ccc4c(c3)C(C)(C)c3ccc5ccc6c(c5c3-4)OC3C=CC=CC63)cc2C)/c1=C/CC. The zero-order chi connectivity index (χ0) is 41.6. The minimum absolute atomic E-state index is 0.0623. The van der Waals surface area contributed by atoms with Crippen molar-refractivity contribution in [2.75, 3.05) is 0 Å². The molecule has 0 spiro atoms. The molecular weight excluding hydrogens is 737 g/mol. The Morgan fingerprint density at radius 3 is 2.23 bits per heavy atom. The average molecular weight is 787 g/mol. The largest absolute Gasteiger partial charge is 0.484 e. The van der Waals surface area contributed by atoms with Gasteiger partial charge in [0.15, 0.2) is 0 Å². The molecule has 1 heterocycles. The van der Waals surface area contributed by atoms with E-state index in [-0.39, 0.29) is 17.4 Å². The summed E-state index contributed by atoms with van der Waals surface area (Å²) in [6.07, 6.45) is 16.9. The maximum atomic E-state index is 6.75. The van der Waals surface area contributed by atoms with Crippen LogP contribution in [0.15, 0.2) is 152 Å². The minimum atomic E-state index is -0.147. The van der Waals surface area contributed by atoms with Gasteiger partial charge >= 0.3 is 0 Å². The fraction of sp³-hybridized carbons (Fsp3) is 0.167. The first kappa shape index (κ1) is 37.3. The lowest BCUT2D eigenvalue weighted by Crippen LogP contribution is -2.31. The summed E-state index contributed by atoms with van der Waals surface area (Å²) in [5, 5.41) is 10.2. The molecule has 2 atom stereocenters. The maximum absolute atomic E-state index is 6.75. The highest BCUT2D eigenvalue weighted by molar-refractivity contribution is 6.10. The number of aryl methyl sites for hydroxylation is 1. The molecular formula is C60H50O. The molecule has 0 bridgehead atoms. The van der Waals surface area contributed by atoms with Gasteiger partial charge in [0.25, 0.3) is 0 Å². The molecule has 2 unspecified atom stereocenters. The number of fused-ring (bicyclic) bond motifs is 11. The van der Waals surface area contributed by atoms with Crippen LogP contribution >= 0.6 is 0 Å². The van der Waals surface area contributed by atoms with Crippen LogP contribution in [-0.4, -0.2) is 6.10 Å². The third-order valence-electron chi connectivity index (χ3n) is 13.9. The summed E-state index contributed by atoms with van der Waals surface area (Å²) < 4.78 is 6.75. The molecule has 2 aliphatic carbocycles. The molecule has 61 heavy (non-hydrogen) atoms. The van der Waals surface area contributed by atoms with Crippen molar-refractivity contribution in [1.29, 1.82) is 0 Å². The topological polar surface area (TPSA) is 9.23 Å². The van der Waals surface area contributed by atoms with Crippen LogP contribution in [0.4, 0.5) is 0 Å². The van der Waals surface area contributed by atoms with Gasteiger partial charge in [0.1, 0.15) is 11.9 Å². The molecule has 0 saturated heterocycles. The lowest BCUT2D eigenvalue weighted by atomic mass is 9.81. The summed E-state index contributed by atoms with van der Waals surface area (Å²) >= 11 is 0. The number of hydrogen-bond acceptors (Lipinski definition) is 1. The molecule has 11 rings (SSSR count). The summed E-state index contributed by atoms with van der Waals surface area (Å²) in [5.41, 5.74) is 16.7. The third kappa shape index (κ3) is 5.67. The molecule has 0 amide bonds. The van der Waals surface area contributed by atoms with Gasteiger partial charge in [0.2, 0.25) is 0 Å². The van der Waals surface area contributed by atoms with Gasteiger partial charge in [-0.05, 0) is 143 Å². The van der Waals surface area contributed by atoms with E-state index >= 15 is 0 Å². The molecule has 1 aliphatic heterocycles. The average Bonchev–Trinajstić information content (AvgIpc) is 3.78. The van der Waals surface area contributed by atoms with Gasteiger partial charge in [-0.25, -0.2) is 0 Å². The van der Waals surface area contributed by atoms with Crippen LogP contribution in [0, 0.1) is 6.92 Å². The van der Waals surface area contributed by atoms with Crippen LogP contribution in [0.3, 0.4) is 0 Å². The number of hydrogen-bond donors (Lipinski definition) is 0. The summed E-state index contributed by atoms with van der Waals surface area (Å²) in [6, 6.07) is 47.9. The molecule has 1 heteroatoms. The van der Waals surface area contributed by atoms with Gasteiger partial charge in [-0.1, -0.05) is 179 Å². The smallest absolute Gasteiger partial charge is 0.132 e. The van der Waals surface area contributed by atoms with Gasteiger partial charge in [0, 0.05) is 22.3 Å². The Labute approximate surface area is 359 Å². The van der Waals surface area contributed by atoms with Gasteiger partial charge in [-0.15, -0.1) is 0 Å². The van der Waals surface area contributed by atoms with Gasteiger partial charge in [-0.3, -0.25) is 0 Å². The molecule has 0 saturated carbocycles. The zero-order valence-electron chi connectivity index (χ0n) is 35.9. The normalized spacial score (nSPS) is 17.8. The quantitative estimate of drug-likeness (QED) is 0.158. The Morgan fingerprint density at radius 1 is 0.672 bits per heavy atom. The van der Waals surface area contributed by atoms with Crippen molar-refractivity contribution in [2.45, 2.75) is 65.4 Å². The van der Waals surface area contributed by atoms with Crippen LogP contribution in [0.25, 0.3) is 89.5 Å². The molecule has 3 aliphatic rings. The summed E-state index contributed by atoms with van der Waals surface area (Å²) in [5.74, 6) is 1.33. The highest BCUT2D eigenvalue weighted by Crippen LogP contribution is 2.56. The van der Waals surface area contributed by atoms with E-state index in [0.29, 0.717) is 0 Å². The fourth-order valence-electron chi connectivity index (χ4n) is 11.0. The highest BCUT2D eigenvalue weighted by Gasteiger charge is 2.40. The van der Waals surface area contributed by atoms with Crippen molar-refractivity contribution in [3.63, 3.8) is 0 Å². The number of benzene rings is 8. The van der Waals surface area contributed by atoms with E-state index in [1.54, 1.807) is 0 Å². The number of rotatable bonds is 5. The second-order valence-electron chi connectivity index (χ2n) is 17.8. The standard InChI is InChI=1S/C60H50O/c1-7-16-46-43(8-2)57(47-23-15-18-38-17-9-10-19-44(38)47)49-22-12-11-21-48(49)55(46)37(4)34-40-25-26-41(33-36(40)3)42-28-31-51-53(35-42)60(5,6)52-32-29-39-27-30-50-45-20-13-14-24-54(45)61-59(50)56(39)58(51)52/h8-35,45,54H,7H2,1-6H3/b37-34+,43-8+,46-16+. The Kier molecular flexibility index (Phi) is 8.69. The molecule has 0 N–H and O–H groups in total. The molecule has 0 aromatic heterocycles. The first-order chi connectivity index (χ1) is 29.8. The molecule has 1 nitrogen and oxygen atoms in total. The first-order valence-electron chi connectivity index (χ1n) is 22.0. The Hall–Kier alpha value is -6.70. The van der Waals surface area contributed by atoms with Crippen molar-refractivity contribution in [1.82, 2.24) is 0 Å². The first-order valence-corrected chi connectivity index (χ1v) is 22.0. The second kappa shape index (κ2) is 14.2. The van der Waals surface area contributed by atoms with Gasteiger partial charge < -0.3 is 4.74 Å². The highest BCUT2D eigenvalue weighted by atomic mass is 16.5. The molecule has 0 fully saturated rings. The van der Waals surface area contributed by atoms with Crippen molar-refractivity contribution >= 4 is 56.1 Å². The second-order valence-corrected chi connectivity index (χ2v) is 17.8. The van der Waals surface area contributed by atoms with E-state index in [0.717, 1.165) is 12.2 Å². The van der Waals surface area contributed by atoms with Crippen molar-refractivity contribution in [3.8, 4) is 39.1 Å². The lowest BCUT2D eigenvalue weighted by molar-refractivity contribution is 0.271. The predicted molar refractivity (Wildman–Crippen MR) is 262 cm³/mol. The number of ether oxygens (including phenoxy) is 1. The van der Waals surface area contributed by atoms with Crippen molar-refractivity contribution < 1.29 is 4.74 Å². The molecule has 8 aromatic rings. The third-order valence-corrected chi connectivity index (χ3v) is 13.9. The lowest BCUT2D eigenvalue weighted by Gasteiger charge is -2.22. The van der Waals surface area contributed by atoms with Crippen molar-refractivity contribution in [3.05, 3.63) is 196 Å². The zero-order valence-corrected chi connectivity index (χ0v) is 35.9. The van der Waals surface area contributed by atoms with Gasteiger partial charge in [-0.2, -0.15) is 0 Å². The van der Waals surface area contributed by atoms with Crippen LogP contribution in [0.1, 0.15) is 80.3 Å². The molecule has 0 radical (unpaired) electrons. The van der Waals surface area contributed by atoms with E-state index < -0.39 is 0 Å². The summed E-state index contributed by atoms with van der Waals surface area (Å²) in [7, 11) is 0. The Balaban J connectivity index is 1.00. The van der Waals surface area contributed by atoms with E-state index in [2.05, 4.69) is 211 Å². The van der Waals surface area contributed by atoms with E-state index in [1.165, 1.54) is 115 Å². The Bertz CT molecular complexity index is 3380. The Morgan fingerprint density at radius 2 is 1.41 bits per heavy atom. The predicted octanol–water partition coefficient (Wildman–Crippen LogP) is 14.6. The molecule has 296 valence electrons. The molecule has 8 aromatic carbocycles. The number of allylic oxidation sites excluding steroid dienone is 3. The summed E-state index contributed by atoms with van der Waals surface area (Å²) in [4.78, 5) is 0. The minimum Gasteiger partial charge on any atom is -0.484 e. The monoisotopic (exact) mass is 786 g/mol. The van der Waals surface area contributed by atoms with Crippen LogP contribution in [0.2, 0.25) is 0 Å². The van der Waals surface area contributed by atoms with Gasteiger partial charge in [0.05, 0.1) is 0 Å². The van der Waals surface area contributed by atoms with E-state index in [9.17, 15) is 0 Å². The fourth-order valence-corrected chi connectivity index (χ4v) is 11.0.